The molecule has 0 atom stereocenters. The number of hydrogen-bond acceptors (Lipinski definition) is 1. The van der Waals surface area contributed by atoms with E-state index in [1.54, 1.807) is 0 Å². The molecule has 96 valence electrons. The fourth-order valence-electron chi connectivity index (χ4n) is 2.36. The molecular formula is C16H16N2O. The highest BCUT2D eigenvalue weighted by atomic mass is 16.3. The van der Waals surface area contributed by atoms with Gasteiger partial charge in [-0.25, -0.2) is 0 Å². The van der Waals surface area contributed by atoms with Crippen molar-refractivity contribution in [2.45, 2.75) is 13.0 Å². The van der Waals surface area contributed by atoms with Gasteiger partial charge in [0.25, 0.3) is 0 Å². The average Bonchev–Trinajstić information content (AvgIpc) is 2.49. The molecule has 0 fully saturated rings. The Labute approximate surface area is 112 Å². The van der Waals surface area contributed by atoms with Crippen molar-refractivity contribution in [3.63, 3.8) is 0 Å². The second kappa shape index (κ2) is 4.69. The highest BCUT2D eigenvalue weighted by Crippen LogP contribution is 2.31. The van der Waals surface area contributed by atoms with Crippen molar-refractivity contribution in [3.05, 3.63) is 77.5 Å². The summed E-state index contributed by atoms with van der Waals surface area (Å²) in [5.74, 6) is 0.247. The van der Waals surface area contributed by atoms with E-state index in [1.807, 2.05) is 48.0 Å². The third kappa shape index (κ3) is 2.03. The molecule has 0 aliphatic carbocycles. The van der Waals surface area contributed by atoms with E-state index >= 15 is 0 Å². The molecular weight excluding hydrogens is 236 g/mol. The molecule has 0 amide bonds. The molecule has 0 unspecified atom stereocenters. The number of aromatic nitrogens is 2. The number of aromatic hydroxyl groups is 1. The summed E-state index contributed by atoms with van der Waals surface area (Å²) >= 11 is 0. The third-order valence-electron chi connectivity index (χ3n) is 3.42. The van der Waals surface area contributed by atoms with E-state index in [9.17, 15) is 5.11 Å². The predicted molar refractivity (Wildman–Crippen MR) is 75.3 cm³/mol. The van der Waals surface area contributed by atoms with Crippen LogP contribution in [0.4, 0.5) is 0 Å². The second-order valence-electron chi connectivity index (χ2n) is 4.64. The van der Waals surface area contributed by atoms with E-state index in [1.165, 1.54) is 11.1 Å². The van der Waals surface area contributed by atoms with Crippen LogP contribution >= 0.6 is 0 Å². The molecule has 0 saturated heterocycles. The number of hydrogen-bond donors (Lipinski definition) is 2. The fraction of sp³-hybridized carbons (Fsp3) is 0.125. The summed E-state index contributed by atoms with van der Waals surface area (Å²) in [6.45, 7) is 1.91. The van der Waals surface area contributed by atoms with E-state index in [0.717, 1.165) is 5.69 Å². The van der Waals surface area contributed by atoms with Crippen LogP contribution in [0.5, 0.6) is 5.88 Å². The third-order valence-corrected chi connectivity index (χ3v) is 3.42. The number of H-pyrrole nitrogens is 1. The second-order valence-corrected chi connectivity index (χ2v) is 4.64. The van der Waals surface area contributed by atoms with Gasteiger partial charge in [0.15, 0.2) is 0 Å². The van der Waals surface area contributed by atoms with Crippen LogP contribution in [0.1, 0.15) is 22.9 Å². The Bertz CT molecular complexity index is 613. The molecule has 1 heterocycles. The van der Waals surface area contributed by atoms with Crippen molar-refractivity contribution < 1.29 is 5.11 Å². The van der Waals surface area contributed by atoms with Crippen LogP contribution < -0.4 is 0 Å². The normalized spacial score (nSPS) is 11.1. The molecule has 3 nitrogen and oxygen atoms in total. The molecule has 0 radical (unpaired) electrons. The lowest BCUT2D eigenvalue weighted by atomic mass is 9.98. The van der Waals surface area contributed by atoms with E-state index in [0.29, 0.717) is 0 Å². The van der Waals surface area contributed by atoms with Crippen LogP contribution in [0, 0.1) is 6.92 Å². The van der Waals surface area contributed by atoms with Crippen LogP contribution in [0.3, 0.4) is 0 Å². The highest BCUT2D eigenvalue weighted by Gasteiger charge is 2.21. The van der Waals surface area contributed by atoms with Gasteiger partial charge in [-0.15, -0.1) is 0 Å². The van der Waals surface area contributed by atoms with Gasteiger partial charge in [-0.3, -0.25) is 9.78 Å². The summed E-state index contributed by atoms with van der Waals surface area (Å²) in [7, 11) is 0. The molecule has 0 saturated carbocycles. The average molecular weight is 252 g/mol. The van der Waals surface area contributed by atoms with Gasteiger partial charge in [0.05, 0.1) is 5.69 Å². The molecule has 0 aliphatic rings. The minimum atomic E-state index is 0.0679. The number of nitrogens with one attached hydrogen (secondary N) is 1. The van der Waals surface area contributed by atoms with Crippen LogP contribution in [-0.4, -0.2) is 14.9 Å². The summed E-state index contributed by atoms with van der Waals surface area (Å²) in [5.41, 5.74) is 3.24. The molecule has 19 heavy (non-hydrogen) atoms. The Morgan fingerprint density at radius 1 is 0.895 bits per heavy atom. The first-order chi connectivity index (χ1) is 9.27. The first-order valence-corrected chi connectivity index (χ1v) is 6.33. The van der Waals surface area contributed by atoms with Gasteiger partial charge in [-0.2, -0.15) is 0 Å². The van der Waals surface area contributed by atoms with E-state index in [4.69, 9.17) is 0 Å². The summed E-state index contributed by atoms with van der Waals surface area (Å²) in [4.78, 5) is 0. The maximum Gasteiger partial charge on any atom is 0.224 e. The fourth-order valence-corrected chi connectivity index (χ4v) is 2.36. The SMILES string of the molecule is Cc1c(O)[nH]n1C(c1ccccc1)c1ccccc1. The lowest BCUT2D eigenvalue weighted by Gasteiger charge is -2.27. The van der Waals surface area contributed by atoms with Gasteiger partial charge in [0.2, 0.25) is 5.88 Å². The zero-order valence-electron chi connectivity index (χ0n) is 10.7. The van der Waals surface area contributed by atoms with Gasteiger partial charge in [0, 0.05) is 0 Å². The van der Waals surface area contributed by atoms with Crippen molar-refractivity contribution >= 4 is 0 Å². The van der Waals surface area contributed by atoms with Gasteiger partial charge >= 0.3 is 0 Å². The maximum atomic E-state index is 9.56. The molecule has 2 N–H and O–H groups in total. The van der Waals surface area contributed by atoms with E-state index in [-0.39, 0.29) is 11.9 Å². The van der Waals surface area contributed by atoms with Crippen LogP contribution in [0.15, 0.2) is 60.7 Å². The molecule has 1 aromatic heterocycles. The highest BCUT2D eigenvalue weighted by molar-refractivity contribution is 5.35. The minimum Gasteiger partial charge on any atom is -0.492 e. The smallest absolute Gasteiger partial charge is 0.224 e. The molecule has 2 aromatic carbocycles. The van der Waals surface area contributed by atoms with Gasteiger partial charge in [-0.1, -0.05) is 60.7 Å². The Balaban J connectivity index is 2.10. The molecule has 3 rings (SSSR count). The lowest BCUT2D eigenvalue weighted by Crippen LogP contribution is -2.21. The number of rotatable bonds is 3. The molecule has 0 aliphatic heterocycles. The Morgan fingerprint density at radius 3 is 1.74 bits per heavy atom. The summed E-state index contributed by atoms with van der Waals surface area (Å²) in [6, 6.07) is 20.6. The predicted octanol–water partition coefficient (Wildman–Crippen LogP) is 3.47. The zero-order chi connectivity index (χ0) is 13.2. The zero-order valence-corrected chi connectivity index (χ0v) is 10.7. The van der Waals surface area contributed by atoms with Crippen molar-refractivity contribution in [2.75, 3.05) is 0 Å². The standard InChI is InChI=1S/C16H16N2O/c1-12-16(19)17-18(12)15(13-8-4-2-5-9-13)14-10-6-3-7-11-14/h2-11,15,17,19H,1H3. The Morgan fingerprint density at radius 2 is 1.37 bits per heavy atom. The van der Waals surface area contributed by atoms with E-state index in [2.05, 4.69) is 29.4 Å². The largest absolute Gasteiger partial charge is 0.492 e. The van der Waals surface area contributed by atoms with Crippen molar-refractivity contribution in [3.8, 4) is 5.88 Å². The van der Waals surface area contributed by atoms with Gasteiger partial charge in [-0.05, 0) is 18.1 Å². The molecule has 3 heteroatoms. The quantitative estimate of drug-likeness (QED) is 0.736. The summed E-state index contributed by atoms with van der Waals surface area (Å²) < 4.78 is 1.99. The number of aromatic amines is 1. The summed E-state index contributed by atoms with van der Waals surface area (Å²) in [6.07, 6.45) is 0. The number of benzene rings is 2. The van der Waals surface area contributed by atoms with Gasteiger partial charge in [0.1, 0.15) is 6.04 Å². The first kappa shape index (κ1) is 11.7. The maximum absolute atomic E-state index is 9.56. The summed E-state index contributed by atoms with van der Waals surface area (Å²) in [5, 5.41) is 12.5. The van der Waals surface area contributed by atoms with Crippen LogP contribution in [-0.2, 0) is 0 Å². The van der Waals surface area contributed by atoms with Crippen LogP contribution in [0.2, 0.25) is 0 Å². The topological polar surface area (TPSA) is 40.9 Å². The Kier molecular flexibility index (Phi) is 2.88. The van der Waals surface area contributed by atoms with E-state index < -0.39 is 0 Å². The van der Waals surface area contributed by atoms with Crippen molar-refractivity contribution in [1.82, 2.24) is 9.78 Å². The molecule has 0 bridgehead atoms. The minimum absolute atomic E-state index is 0.0679. The first-order valence-electron chi connectivity index (χ1n) is 6.33. The molecule has 0 spiro atoms. The lowest BCUT2D eigenvalue weighted by molar-refractivity contribution is 0.366. The molecule has 3 aromatic rings. The van der Waals surface area contributed by atoms with Crippen molar-refractivity contribution in [1.29, 1.82) is 0 Å². The number of nitrogens with zero attached hydrogens (tertiary/aromatic N) is 1. The van der Waals surface area contributed by atoms with Gasteiger partial charge < -0.3 is 5.11 Å². The monoisotopic (exact) mass is 252 g/mol. The van der Waals surface area contributed by atoms with Crippen LogP contribution in [0.25, 0.3) is 0 Å². The Hall–Kier alpha value is -2.42. The van der Waals surface area contributed by atoms with Crippen molar-refractivity contribution in [2.24, 2.45) is 0 Å².